The number of ketones is 1. The molecule has 0 radical (unpaired) electrons. The number of carbonyl (C=O) groups excluding carboxylic acids is 2. The molecule has 26 heavy (non-hydrogen) atoms. The van der Waals surface area contributed by atoms with Crippen LogP contribution in [0.1, 0.15) is 24.8 Å². The quantitative estimate of drug-likeness (QED) is 0.469. The number of Topliss-reactive ketones (excluding diaryl/α,β-unsaturated/α-hetero) is 1. The fourth-order valence-electron chi connectivity index (χ4n) is 4.15. The Morgan fingerprint density at radius 1 is 1.31 bits per heavy atom. The minimum Gasteiger partial charge on any atom is -0.454 e. The van der Waals surface area contributed by atoms with Gasteiger partial charge in [0.25, 0.3) is 0 Å². The van der Waals surface area contributed by atoms with Gasteiger partial charge in [0.15, 0.2) is 17.3 Å². The van der Waals surface area contributed by atoms with Crippen LogP contribution in [0.15, 0.2) is 42.5 Å². The second-order valence-electron chi connectivity index (χ2n) is 6.78. The highest BCUT2D eigenvalue weighted by atomic mass is 16.7. The lowest BCUT2D eigenvalue weighted by Crippen LogP contribution is -2.52. The minimum absolute atomic E-state index is 0.163. The average Bonchev–Trinajstić information content (AvgIpc) is 3.04. The van der Waals surface area contributed by atoms with E-state index in [1.165, 1.54) is 7.11 Å². The maximum Gasteiger partial charge on any atom is 0.320 e. The molecule has 2 bridgehead atoms. The molecule has 0 saturated carbocycles. The van der Waals surface area contributed by atoms with Gasteiger partial charge in [-0.25, -0.2) is 0 Å². The molecule has 6 nitrogen and oxygen atoms in total. The van der Waals surface area contributed by atoms with Crippen LogP contribution in [0, 0.1) is 11.8 Å². The Labute approximate surface area is 151 Å². The summed E-state index contributed by atoms with van der Waals surface area (Å²) in [6, 6.07) is 5.50. The summed E-state index contributed by atoms with van der Waals surface area (Å²) in [5.41, 5.74) is 1.32. The van der Waals surface area contributed by atoms with Gasteiger partial charge in [-0.05, 0) is 30.2 Å². The van der Waals surface area contributed by atoms with Crippen LogP contribution in [-0.4, -0.2) is 31.4 Å². The second kappa shape index (κ2) is 5.99. The van der Waals surface area contributed by atoms with Gasteiger partial charge < -0.3 is 18.9 Å². The number of benzene rings is 1. The molecule has 1 aromatic rings. The SMILES string of the molecule is C=CCC1=CC2(OC)OC(=O)C(C1=O)C(c1ccc3c(c1)OCO3)C2C. The molecule has 1 aliphatic carbocycles. The van der Waals surface area contributed by atoms with Gasteiger partial charge in [-0.2, -0.15) is 0 Å². The molecule has 1 aromatic carbocycles. The molecule has 4 unspecified atom stereocenters. The van der Waals surface area contributed by atoms with E-state index in [1.807, 2.05) is 19.1 Å². The molecule has 3 aliphatic heterocycles. The smallest absolute Gasteiger partial charge is 0.320 e. The first-order chi connectivity index (χ1) is 12.5. The lowest BCUT2D eigenvalue weighted by atomic mass is 9.72. The van der Waals surface area contributed by atoms with Gasteiger partial charge in [0.2, 0.25) is 12.6 Å². The van der Waals surface area contributed by atoms with Gasteiger partial charge in [-0.3, -0.25) is 9.59 Å². The Kier molecular flexibility index (Phi) is 3.88. The van der Waals surface area contributed by atoms with Gasteiger partial charge in [0.1, 0.15) is 5.92 Å². The van der Waals surface area contributed by atoms with Crippen molar-refractivity contribution < 1.29 is 28.5 Å². The number of carbonyl (C=O) groups is 2. The van der Waals surface area contributed by atoms with Crippen molar-refractivity contribution in [3.05, 3.63) is 48.1 Å². The molecule has 4 atom stereocenters. The van der Waals surface area contributed by atoms with E-state index in [0.29, 0.717) is 23.5 Å². The van der Waals surface area contributed by atoms with Crippen molar-refractivity contribution in [2.45, 2.75) is 25.0 Å². The number of fused-ring (bicyclic) bond motifs is 4. The van der Waals surface area contributed by atoms with Crippen LogP contribution >= 0.6 is 0 Å². The van der Waals surface area contributed by atoms with E-state index in [1.54, 1.807) is 18.2 Å². The lowest BCUT2D eigenvalue weighted by molar-refractivity contribution is -0.239. The van der Waals surface area contributed by atoms with E-state index in [9.17, 15) is 9.59 Å². The van der Waals surface area contributed by atoms with Crippen LogP contribution < -0.4 is 9.47 Å². The summed E-state index contributed by atoms with van der Waals surface area (Å²) in [6.45, 7) is 5.80. The second-order valence-corrected chi connectivity index (χ2v) is 6.78. The molecule has 0 N–H and O–H groups in total. The summed E-state index contributed by atoms with van der Waals surface area (Å²) < 4.78 is 22.1. The third-order valence-electron chi connectivity index (χ3n) is 5.49. The highest BCUT2D eigenvalue weighted by Crippen LogP contribution is 2.51. The number of allylic oxidation sites excluding steroid dienone is 2. The van der Waals surface area contributed by atoms with E-state index in [-0.39, 0.29) is 18.5 Å². The number of esters is 1. The van der Waals surface area contributed by atoms with Crippen molar-refractivity contribution >= 4 is 11.8 Å². The molecule has 5 rings (SSSR count). The highest BCUT2D eigenvalue weighted by molar-refractivity contribution is 6.10. The Bertz CT molecular complexity index is 826. The fraction of sp³-hybridized carbons (Fsp3) is 0.400. The summed E-state index contributed by atoms with van der Waals surface area (Å²) in [5, 5.41) is 0. The van der Waals surface area contributed by atoms with Gasteiger partial charge >= 0.3 is 5.97 Å². The van der Waals surface area contributed by atoms with E-state index in [0.717, 1.165) is 5.56 Å². The summed E-state index contributed by atoms with van der Waals surface area (Å²) in [5.74, 6) is -2.38. The molecule has 1 fully saturated rings. The molecule has 136 valence electrons. The summed E-state index contributed by atoms with van der Waals surface area (Å²) >= 11 is 0. The Balaban J connectivity index is 1.85. The maximum absolute atomic E-state index is 13.1. The van der Waals surface area contributed by atoms with Crippen molar-refractivity contribution in [3.8, 4) is 11.5 Å². The van der Waals surface area contributed by atoms with Crippen LogP contribution in [0.3, 0.4) is 0 Å². The standard InChI is InChI=1S/C20H20O6/c1-4-5-13-9-20(23-3)11(2)16(17(18(13)21)19(22)26-20)12-6-7-14-15(8-12)25-10-24-14/h4,6-9,11,16-17H,1,5,10H2,2-3H3. The summed E-state index contributed by atoms with van der Waals surface area (Å²) in [6.07, 6.45) is 3.65. The van der Waals surface area contributed by atoms with Gasteiger partial charge in [0.05, 0.1) is 0 Å². The molecule has 1 saturated heterocycles. The van der Waals surface area contributed by atoms with E-state index in [4.69, 9.17) is 18.9 Å². The topological polar surface area (TPSA) is 71.1 Å². The molecule has 0 amide bonds. The predicted octanol–water partition coefficient (Wildman–Crippen LogP) is 2.74. The molecule has 3 heterocycles. The van der Waals surface area contributed by atoms with Gasteiger partial charge in [-0.1, -0.05) is 19.1 Å². The van der Waals surface area contributed by atoms with Crippen LogP contribution in [-0.2, 0) is 19.1 Å². The third kappa shape index (κ3) is 2.29. The lowest BCUT2D eigenvalue weighted by Gasteiger charge is -2.43. The van der Waals surface area contributed by atoms with Gasteiger partial charge in [-0.15, -0.1) is 6.58 Å². The number of hydrogen-bond donors (Lipinski definition) is 0. The molecule has 0 spiro atoms. The van der Waals surface area contributed by atoms with Crippen molar-refractivity contribution in [1.82, 2.24) is 0 Å². The fourth-order valence-corrected chi connectivity index (χ4v) is 4.15. The largest absolute Gasteiger partial charge is 0.454 e. The molecule has 4 aliphatic rings. The van der Waals surface area contributed by atoms with Crippen LogP contribution in [0.4, 0.5) is 0 Å². The van der Waals surface area contributed by atoms with Crippen molar-refractivity contribution in [2.24, 2.45) is 11.8 Å². The summed E-state index contributed by atoms with van der Waals surface area (Å²) in [4.78, 5) is 25.8. The molecule has 6 heteroatoms. The zero-order chi connectivity index (χ0) is 18.5. The first kappa shape index (κ1) is 16.8. The van der Waals surface area contributed by atoms with Crippen LogP contribution in [0.2, 0.25) is 0 Å². The summed E-state index contributed by atoms with van der Waals surface area (Å²) in [7, 11) is 1.48. The van der Waals surface area contributed by atoms with Crippen molar-refractivity contribution in [2.75, 3.05) is 13.9 Å². The molecular formula is C20H20O6. The predicted molar refractivity (Wildman–Crippen MR) is 91.7 cm³/mol. The normalized spacial score (nSPS) is 32.1. The Morgan fingerprint density at radius 2 is 2.08 bits per heavy atom. The van der Waals surface area contributed by atoms with Crippen LogP contribution in [0.5, 0.6) is 11.5 Å². The van der Waals surface area contributed by atoms with E-state index >= 15 is 0 Å². The number of hydrogen-bond acceptors (Lipinski definition) is 6. The first-order valence-electron chi connectivity index (χ1n) is 8.55. The molecular weight excluding hydrogens is 336 g/mol. The van der Waals surface area contributed by atoms with E-state index in [2.05, 4.69) is 6.58 Å². The third-order valence-corrected chi connectivity index (χ3v) is 5.49. The zero-order valence-electron chi connectivity index (χ0n) is 14.7. The minimum atomic E-state index is -1.28. The van der Waals surface area contributed by atoms with Crippen molar-refractivity contribution in [1.29, 1.82) is 0 Å². The van der Waals surface area contributed by atoms with E-state index < -0.39 is 23.6 Å². The molecule has 0 aromatic heterocycles. The van der Waals surface area contributed by atoms with Crippen LogP contribution in [0.25, 0.3) is 0 Å². The Morgan fingerprint density at radius 3 is 2.81 bits per heavy atom. The monoisotopic (exact) mass is 356 g/mol. The van der Waals surface area contributed by atoms with Crippen molar-refractivity contribution in [3.63, 3.8) is 0 Å². The zero-order valence-corrected chi connectivity index (χ0v) is 14.7. The van der Waals surface area contributed by atoms with Gasteiger partial charge in [0, 0.05) is 24.5 Å². The average molecular weight is 356 g/mol. The number of methoxy groups -OCH3 is 1. The first-order valence-corrected chi connectivity index (χ1v) is 8.55. The Hall–Kier alpha value is -2.60. The highest BCUT2D eigenvalue weighted by Gasteiger charge is 2.58. The maximum atomic E-state index is 13.1. The number of ether oxygens (including phenoxy) is 4. The number of rotatable bonds is 4.